The number of hydrogen-bond donors (Lipinski definition) is 0. The molecule has 3 aromatic rings. The highest BCUT2D eigenvalue weighted by Crippen LogP contribution is 2.27. The molecule has 2 aromatic heterocycles. The van der Waals surface area contributed by atoms with Gasteiger partial charge in [-0.25, -0.2) is 14.6 Å². The monoisotopic (exact) mass is 383 g/mol. The van der Waals surface area contributed by atoms with E-state index in [9.17, 15) is 4.79 Å². The smallest absolute Gasteiger partial charge is 0.257 e. The van der Waals surface area contributed by atoms with Gasteiger partial charge in [-0.3, -0.25) is 4.79 Å². The number of rotatable bonds is 4. The topological polar surface area (TPSA) is 98.5 Å². The maximum Gasteiger partial charge on any atom is 0.257 e. The summed E-state index contributed by atoms with van der Waals surface area (Å²) in [5.74, 6) is 1.83. The lowest BCUT2D eigenvalue weighted by Gasteiger charge is -2.35. The van der Waals surface area contributed by atoms with Crippen molar-refractivity contribution >= 4 is 22.9 Å². The number of aromatic nitrogens is 5. The summed E-state index contributed by atoms with van der Waals surface area (Å²) in [7, 11) is 4.92. The van der Waals surface area contributed by atoms with Crippen molar-refractivity contribution in [1.82, 2.24) is 29.9 Å². The second-order valence-electron chi connectivity index (χ2n) is 6.43. The lowest BCUT2D eigenvalue weighted by Crippen LogP contribution is -2.49. The van der Waals surface area contributed by atoms with Gasteiger partial charge in [0.25, 0.3) is 5.91 Å². The maximum atomic E-state index is 13.0. The Balaban J connectivity index is 1.50. The zero-order chi connectivity index (χ0) is 19.7. The number of piperazine rings is 1. The maximum absolute atomic E-state index is 13.0. The third-order valence-corrected chi connectivity index (χ3v) is 4.87. The summed E-state index contributed by atoms with van der Waals surface area (Å²) in [6, 6.07) is 5.22. The molecule has 0 aliphatic carbocycles. The normalized spacial score (nSPS) is 14.4. The number of nitrogens with zero attached hydrogens (tertiary/aromatic N) is 7. The van der Waals surface area contributed by atoms with Gasteiger partial charge >= 0.3 is 0 Å². The Morgan fingerprint density at radius 2 is 1.86 bits per heavy atom. The van der Waals surface area contributed by atoms with E-state index in [1.165, 1.54) is 6.33 Å². The first-order valence-electron chi connectivity index (χ1n) is 8.89. The standard InChI is InChI=1S/C18H21N7O3/c1-23-16-15(21-22-23)17(20-11-19-16)24-6-8-25(9-7-24)18(26)13-5-4-12(27-2)10-14(13)28-3/h4-5,10-11H,6-9H2,1-3H3. The van der Waals surface area contributed by atoms with Crippen LogP contribution >= 0.6 is 0 Å². The van der Waals surface area contributed by atoms with Crippen LogP contribution in [0.15, 0.2) is 24.5 Å². The van der Waals surface area contributed by atoms with Gasteiger partial charge in [0.2, 0.25) is 0 Å². The number of fused-ring (bicyclic) bond motifs is 1. The van der Waals surface area contributed by atoms with Crippen molar-refractivity contribution in [2.75, 3.05) is 45.3 Å². The van der Waals surface area contributed by atoms with Crippen molar-refractivity contribution in [3.8, 4) is 11.5 Å². The molecule has 0 N–H and O–H groups in total. The minimum absolute atomic E-state index is 0.0634. The molecule has 0 unspecified atom stereocenters. The Bertz CT molecular complexity index is 1010. The van der Waals surface area contributed by atoms with Crippen LogP contribution in [0.5, 0.6) is 11.5 Å². The van der Waals surface area contributed by atoms with Crippen LogP contribution in [-0.2, 0) is 7.05 Å². The highest BCUT2D eigenvalue weighted by Gasteiger charge is 2.26. The molecule has 0 radical (unpaired) electrons. The van der Waals surface area contributed by atoms with E-state index < -0.39 is 0 Å². The predicted molar refractivity (Wildman–Crippen MR) is 102 cm³/mol. The largest absolute Gasteiger partial charge is 0.497 e. The molecule has 1 fully saturated rings. The quantitative estimate of drug-likeness (QED) is 0.651. The Morgan fingerprint density at radius 3 is 2.57 bits per heavy atom. The Hall–Kier alpha value is -3.43. The second kappa shape index (κ2) is 7.29. The number of methoxy groups -OCH3 is 2. The lowest BCUT2D eigenvalue weighted by atomic mass is 10.1. The molecule has 0 atom stereocenters. The van der Waals surface area contributed by atoms with Crippen molar-refractivity contribution in [2.45, 2.75) is 0 Å². The summed E-state index contributed by atoms with van der Waals surface area (Å²) in [5.41, 5.74) is 1.88. The van der Waals surface area contributed by atoms with Gasteiger partial charge in [-0.2, -0.15) is 0 Å². The lowest BCUT2D eigenvalue weighted by molar-refractivity contribution is 0.0743. The molecule has 0 bridgehead atoms. The van der Waals surface area contributed by atoms with E-state index in [0.717, 1.165) is 5.82 Å². The minimum Gasteiger partial charge on any atom is -0.497 e. The van der Waals surface area contributed by atoms with Crippen LogP contribution in [0.2, 0.25) is 0 Å². The summed E-state index contributed by atoms with van der Waals surface area (Å²) in [6.07, 6.45) is 1.51. The van der Waals surface area contributed by atoms with Gasteiger partial charge in [0.05, 0.1) is 19.8 Å². The van der Waals surface area contributed by atoms with E-state index in [0.29, 0.717) is 54.4 Å². The van der Waals surface area contributed by atoms with Crippen LogP contribution in [0.3, 0.4) is 0 Å². The number of ether oxygens (including phenoxy) is 2. The molecule has 1 aromatic carbocycles. The predicted octanol–water partition coefficient (Wildman–Crippen LogP) is 0.738. The highest BCUT2D eigenvalue weighted by molar-refractivity contribution is 5.97. The molecule has 10 heteroatoms. The Labute approximate surface area is 161 Å². The van der Waals surface area contributed by atoms with E-state index in [1.807, 2.05) is 4.90 Å². The van der Waals surface area contributed by atoms with Crippen molar-refractivity contribution < 1.29 is 14.3 Å². The average Bonchev–Trinajstić information content (AvgIpc) is 3.14. The molecule has 1 aliphatic heterocycles. The van der Waals surface area contributed by atoms with Crippen molar-refractivity contribution in [1.29, 1.82) is 0 Å². The van der Waals surface area contributed by atoms with Crippen LogP contribution < -0.4 is 14.4 Å². The molecule has 4 rings (SSSR count). The molecule has 10 nitrogen and oxygen atoms in total. The van der Waals surface area contributed by atoms with Gasteiger partial charge < -0.3 is 19.3 Å². The summed E-state index contributed by atoms with van der Waals surface area (Å²) in [6.45, 7) is 2.43. The van der Waals surface area contributed by atoms with Gasteiger partial charge in [0.15, 0.2) is 17.0 Å². The summed E-state index contributed by atoms with van der Waals surface area (Å²) in [4.78, 5) is 25.5. The van der Waals surface area contributed by atoms with Gasteiger partial charge in [0, 0.05) is 39.3 Å². The summed E-state index contributed by atoms with van der Waals surface area (Å²) < 4.78 is 12.2. The van der Waals surface area contributed by atoms with Crippen molar-refractivity contribution in [3.05, 3.63) is 30.1 Å². The fraction of sp³-hybridized carbons (Fsp3) is 0.389. The first-order chi connectivity index (χ1) is 13.6. The van der Waals surface area contributed by atoms with Crippen LogP contribution in [0.25, 0.3) is 11.2 Å². The fourth-order valence-corrected chi connectivity index (χ4v) is 3.34. The Kier molecular flexibility index (Phi) is 4.68. The number of hydrogen-bond acceptors (Lipinski definition) is 8. The van der Waals surface area contributed by atoms with Gasteiger partial charge in [0.1, 0.15) is 17.8 Å². The minimum atomic E-state index is -0.0634. The van der Waals surface area contributed by atoms with E-state index in [2.05, 4.69) is 25.2 Å². The van der Waals surface area contributed by atoms with E-state index in [-0.39, 0.29) is 5.91 Å². The number of amides is 1. The molecule has 1 aliphatic rings. The summed E-state index contributed by atoms with van der Waals surface area (Å²) >= 11 is 0. The first-order valence-corrected chi connectivity index (χ1v) is 8.89. The third-order valence-electron chi connectivity index (χ3n) is 4.87. The van der Waals surface area contributed by atoms with Gasteiger partial charge in [-0.1, -0.05) is 5.21 Å². The van der Waals surface area contributed by atoms with Crippen LogP contribution in [0.4, 0.5) is 5.82 Å². The SMILES string of the molecule is COc1ccc(C(=O)N2CCN(c3ncnc4c3nnn4C)CC2)c(OC)c1. The molecule has 0 saturated carbocycles. The first kappa shape index (κ1) is 18.0. The fourth-order valence-electron chi connectivity index (χ4n) is 3.34. The number of benzene rings is 1. The number of anilines is 1. The van der Waals surface area contributed by atoms with E-state index in [4.69, 9.17) is 9.47 Å². The number of aryl methyl sites for hydroxylation is 1. The van der Waals surface area contributed by atoms with E-state index in [1.54, 1.807) is 44.1 Å². The molecule has 1 saturated heterocycles. The molecular formula is C18H21N7O3. The van der Waals surface area contributed by atoms with Crippen LogP contribution in [0, 0.1) is 0 Å². The molecular weight excluding hydrogens is 362 g/mol. The molecule has 146 valence electrons. The zero-order valence-electron chi connectivity index (χ0n) is 16.0. The molecule has 28 heavy (non-hydrogen) atoms. The summed E-state index contributed by atoms with van der Waals surface area (Å²) in [5, 5.41) is 8.19. The third kappa shape index (κ3) is 3.06. The second-order valence-corrected chi connectivity index (χ2v) is 6.43. The van der Waals surface area contributed by atoms with Gasteiger partial charge in [-0.15, -0.1) is 5.10 Å². The zero-order valence-corrected chi connectivity index (χ0v) is 16.0. The number of carbonyl (C=O) groups excluding carboxylic acids is 1. The molecule has 0 spiro atoms. The van der Waals surface area contributed by atoms with Gasteiger partial charge in [-0.05, 0) is 12.1 Å². The highest BCUT2D eigenvalue weighted by atomic mass is 16.5. The van der Waals surface area contributed by atoms with Crippen molar-refractivity contribution in [3.63, 3.8) is 0 Å². The van der Waals surface area contributed by atoms with Crippen LogP contribution in [-0.4, -0.2) is 76.2 Å². The van der Waals surface area contributed by atoms with Crippen molar-refractivity contribution in [2.24, 2.45) is 7.05 Å². The Morgan fingerprint density at radius 1 is 1.07 bits per heavy atom. The van der Waals surface area contributed by atoms with Crippen LogP contribution in [0.1, 0.15) is 10.4 Å². The molecule has 1 amide bonds. The molecule has 3 heterocycles. The van der Waals surface area contributed by atoms with E-state index >= 15 is 0 Å². The number of carbonyl (C=O) groups is 1. The average molecular weight is 383 g/mol.